The van der Waals surface area contributed by atoms with Crippen LogP contribution in [0.4, 0.5) is 0 Å². The van der Waals surface area contributed by atoms with Crippen molar-refractivity contribution in [2.75, 3.05) is 0 Å². The molecular weight excluding hydrogens is 260 g/mol. The summed E-state index contributed by atoms with van der Waals surface area (Å²) < 4.78 is 1.17. The molecule has 0 saturated carbocycles. The van der Waals surface area contributed by atoms with Gasteiger partial charge in [0, 0.05) is 4.47 Å². The fourth-order valence-electron chi connectivity index (χ4n) is 2.38. The van der Waals surface area contributed by atoms with Crippen molar-refractivity contribution in [2.45, 2.75) is 58.3 Å². The Hall–Kier alpha value is -0.300. The zero-order chi connectivity index (χ0) is 12.0. The van der Waals surface area contributed by atoms with Gasteiger partial charge < -0.3 is 0 Å². The fraction of sp³-hybridized carbons (Fsp3) is 0.600. The molecule has 16 heavy (non-hydrogen) atoms. The third-order valence-corrected chi connectivity index (χ3v) is 3.95. The Labute approximate surface area is 109 Å². The molecule has 0 radical (unpaired) electrons. The lowest BCUT2D eigenvalue weighted by molar-refractivity contribution is 0.383. The van der Waals surface area contributed by atoms with Crippen LogP contribution in [0, 0.1) is 0 Å². The smallest absolute Gasteiger partial charge is 0.0175 e. The summed E-state index contributed by atoms with van der Waals surface area (Å²) in [6.45, 7) is 6.96. The maximum absolute atomic E-state index is 3.50. The molecule has 0 saturated heterocycles. The summed E-state index contributed by atoms with van der Waals surface area (Å²) in [6.07, 6.45) is 6.46. The molecule has 0 aliphatic rings. The number of rotatable bonds is 6. The molecule has 0 fully saturated rings. The molecule has 0 aliphatic heterocycles. The quantitative estimate of drug-likeness (QED) is 0.628. The molecule has 1 aromatic rings. The summed E-state index contributed by atoms with van der Waals surface area (Å²) in [7, 11) is 0. The first-order valence-electron chi connectivity index (χ1n) is 6.38. The van der Waals surface area contributed by atoms with Crippen LogP contribution in [-0.4, -0.2) is 0 Å². The topological polar surface area (TPSA) is 0 Å². The van der Waals surface area contributed by atoms with Crippen molar-refractivity contribution in [3.63, 3.8) is 0 Å². The van der Waals surface area contributed by atoms with Gasteiger partial charge in [-0.3, -0.25) is 0 Å². The Kier molecular flexibility index (Phi) is 5.54. The summed E-state index contributed by atoms with van der Waals surface area (Å²) in [5.74, 6) is 0. The van der Waals surface area contributed by atoms with Crippen molar-refractivity contribution in [1.82, 2.24) is 0 Å². The van der Waals surface area contributed by atoms with Gasteiger partial charge in [-0.2, -0.15) is 0 Å². The van der Waals surface area contributed by atoms with Gasteiger partial charge in [0.1, 0.15) is 0 Å². The minimum Gasteiger partial charge on any atom is -0.0654 e. The molecule has 1 unspecified atom stereocenters. The highest BCUT2D eigenvalue weighted by Gasteiger charge is 2.24. The molecule has 1 aromatic carbocycles. The van der Waals surface area contributed by atoms with Crippen molar-refractivity contribution >= 4 is 15.9 Å². The van der Waals surface area contributed by atoms with E-state index in [1.807, 2.05) is 0 Å². The average Bonchev–Trinajstić information content (AvgIpc) is 2.27. The van der Waals surface area contributed by atoms with Crippen molar-refractivity contribution in [3.05, 3.63) is 34.3 Å². The molecular formula is C15H23Br. The molecule has 0 bridgehead atoms. The third-order valence-electron chi connectivity index (χ3n) is 3.43. The van der Waals surface area contributed by atoms with E-state index >= 15 is 0 Å². The summed E-state index contributed by atoms with van der Waals surface area (Å²) in [5, 5.41) is 0. The average molecular weight is 283 g/mol. The fourth-order valence-corrected chi connectivity index (χ4v) is 2.65. The van der Waals surface area contributed by atoms with Crippen LogP contribution in [-0.2, 0) is 5.41 Å². The van der Waals surface area contributed by atoms with E-state index in [0.29, 0.717) is 5.41 Å². The number of halogens is 1. The van der Waals surface area contributed by atoms with Gasteiger partial charge in [0.25, 0.3) is 0 Å². The molecule has 0 aliphatic carbocycles. The maximum atomic E-state index is 3.50. The monoisotopic (exact) mass is 282 g/mol. The molecule has 1 rings (SSSR count). The lowest BCUT2D eigenvalue weighted by Crippen LogP contribution is -2.21. The number of hydrogen-bond acceptors (Lipinski definition) is 0. The number of hydrogen-bond donors (Lipinski definition) is 0. The Morgan fingerprint density at radius 3 is 2.12 bits per heavy atom. The third kappa shape index (κ3) is 3.62. The van der Waals surface area contributed by atoms with Crippen molar-refractivity contribution in [1.29, 1.82) is 0 Å². The van der Waals surface area contributed by atoms with Crippen molar-refractivity contribution in [2.24, 2.45) is 0 Å². The van der Waals surface area contributed by atoms with Crippen LogP contribution >= 0.6 is 15.9 Å². The predicted molar refractivity (Wildman–Crippen MR) is 75.9 cm³/mol. The predicted octanol–water partition coefficient (Wildman–Crippen LogP) is 5.70. The summed E-state index contributed by atoms with van der Waals surface area (Å²) in [5.41, 5.74) is 1.86. The molecule has 1 heteroatoms. The van der Waals surface area contributed by atoms with Crippen LogP contribution in [0.5, 0.6) is 0 Å². The molecule has 0 spiro atoms. The highest BCUT2D eigenvalue weighted by atomic mass is 79.9. The Balaban J connectivity index is 2.86. The van der Waals surface area contributed by atoms with Gasteiger partial charge in [-0.1, -0.05) is 68.1 Å². The van der Waals surface area contributed by atoms with E-state index in [1.54, 1.807) is 0 Å². The highest BCUT2D eigenvalue weighted by molar-refractivity contribution is 9.10. The van der Waals surface area contributed by atoms with Crippen LogP contribution < -0.4 is 0 Å². The molecule has 0 nitrogen and oxygen atoms in total. The van der Waals surface area contributed by atoms with E-state index in [9.17, 15) is 0 Å². The normalized spacial score (nSPS) is 14.8. The SMILES string of the molecule is CCCCC(C)(CCC)c1ccc(Br)cc1. The van der Waals surface area contributed by atoms with Crippen molar-refractivity contribution < 1.29 is 0 Å². The summed E-state index contributed by atoms with van der Waals surface area (Å²) in [6, 6.07) is 8.87. The number of unbranched alkanes of at least 4 members (excludes halogenated alkanes) is 1. The van der Waals surface area contributed by atoms with Crippen molar-refractivity contribution in [3.8, 4) is 0 Å². The second-order valence-electron chi connectivity index (χ2n) is 4.92. The van der Waals surface area contributed by atoms with Crippen LogP contribution in [0.1, 0.15) is 58.4 Å². The van der Waals surface area contributed by atoms with E-state index in [-0.39, 0.29) is 0 Å². The minimum atomic E-state index is 0.367. The van der Waals surface area contributed by atoms with Crippen LogP contribution in [0.15, 0.2) is 28.7 Å². The molecule has 0 N–H and O–H groups in total. The first-order chi connectivity index (χ1) is 7.62. The number of benzene rings is 1. The maximum Gasteiger partial charge on any atom is 0.0175 e. The van der Waals surface area contributed by atoms with Gasteiger partial charge in [-0.05, 0) is 36.0 Å². The van der Waals surface area contributed by atoms with E-state index < -0.39 is 0 Å². The Morgan fingerprint density at radius 2 is 1.62 bits per heavy atom. The first kappa shape index (κ1) is 13.8. The zero-order valence-electron chi connectivity index (χ0n) is 10.7. The summed E-state index contributed by atoms with van der Waals surface area (Å²) in [4.78, 5) is 0. The lowest BCUT2D eigenvalue weighted by atomic mass is 9.75. The Bertz CT molecular complexity index is 302. The van der Waals surface area contributed by atoms with Crippen LogP contribution in [0.25, 0.3) is 0 Å². The first-order valence-corrected chi connectivity index (χ1v) is 7.17. The molecule has 1 atom stereocenters. The molecule has 90 valence electrons. The molecule has 0 amide bonds. The van der Waals surface area contributed by atoms with E-state index in [2.05, 4.69) is 61.0 Å². The van der Waals surface area contributed by atoms with Gasteiger partial charge in [-0.15, -0.1) is 0 Å². The van der Waals surface area contributed by atoms with E-state index in [0.717, 1.165) is 0 Å². The van der Waals surface area contributed by atoms with Crippen LogP contribution in [0.3, 0.4) is 0 Å². The van der Waals surface area contributed by atoms with Crippen LogP contribution in [0.2, 0.25) is 0 Å². The highest BCUT2D eigenvalue weighted by Crippen LogP contribution is 2.34. The van der Waals surface area contributed by atoms with Gasteiger partial charge >= 0.3 is 0 Å². The minimum absolute atomic E-state index is 0.367. The van der Waals surface area contributed by atoms with Gasteiger partial charge in [0.05, 0.1) is 0 Å². The summed E-state index contributed by atoms with van der Waals surface area (Å²) >= 11 is 3.50. The van der Waals surface area contributed by atoms with E-state index in [1.165, 1.54) is 42.1 Å². The van der Waals surface area contributed by atoms with Gasteiger partial charge in [0.15, 0.2) is 0 Å². The molecule has 0 aromatic heterocycles. The largest absolute Gasteiger partial charge is 0.0654 e. The zero-order valence-corrected chi connectivity index (χ0v) is 12.3. The lowest BCUT2D eigenvalue weighted by Gasteiger charge is -2.30. The second-order valence-corrected chi connectivity index (χ2v) is 5.84. The molecule has 0 heterocycles. The second kappa shape index (κ2) is 6.44. The van der Waals surface area contributed by atoms with Gasteiger partial charge in [0.2, 0.25) is 0 Å². The van der Waals surface area contributed by atoms with E-state index in [4.69, 9.17) is 0 Å². The van der Waals surface area contributed by atoms with Gasteiger partial charge in [-0.25, -0.2) is 0 Å². The standard InChI is InChI=1S/C15H23Br/c1-4-6-12-15(3,11-5-2)13-7-9-14(16)10-8-13/h7-10H,4-6,11-12H2,1-3H3. The Morgan fingerprint density at radius 1 is 1.00 bits per heavy atom.